The fourth-order valence-corrected chi connectivity index (χ4v) is 4.56. The Bertz CT molecular complexity index is 678. The monoisotopic (exact) mass is 360 g/mol. The maximum absolute atomic E-state index is 4.36. The summed E-state index contributed by atoms with van der Waals surface area (Å²) in [6, 6.07) is 6.93. The van der Waals surface area contributed by atoms with Crippen molar-refractivity contribution in [1.29, 1.82) is 0 Å². The molecule has 0 radical (unpaired) electrons. The molecule has 1 aliphatic heterocycles. The van der Waals surface area contributed by atoms with Crippen molar-refractivity contribution in [2.45, 2.75) is 25.4 Å². The van der Waals surface area contributed by atoms with Crippen LogP contribution < -0.4 is 10.6 Å². The first-order valence-corrected chi connectivity index (χ1v) is 9.72. The number of rotatable bonds is 5. The second-order valence-electron chi connectivity index (χ2n) is 6.60. The van der Waals surface area contributed by atoms with Gasteiger partial charge < -0.3 is 10.6 Å². The number of likely N-dealkylation sites (tertiary alicyclic amines) is 1. The Morgan fingerprint density at radius 2 is 2.24 bits per heavy atom. The SMILES string of the molecule is CN=C(NCc1ccnn1C)NCC1CCCN(C)C1c1cccs1. The summed E-state index contributed by atoms with van der Waals surface area (Å²) in [6.45, 7) is 2.82. The van der Waals surface area contributed by atoms with Crippen LogP contribution in [0.1, 0.15) is 29.5 Å². The number of aryl methyl sites for hydroxylation is 1. The number of aliphatic imine (C=N–C) groups is 1. The van der Waals surface area contributed by atoms with Crippen LogP contribution in [0.3, 0.4) is 0 Å². The molecule has 3 heterocycles. The molecule has 1 fully saturated rings. The zero-order chi connectivity index (χ0) is 17.6. The van der Waals surface area contributed by atoms with Crippen LogP contribution in [-0.2, 0) is 13.6 Å². The van der Waals surface area contributed by atoms with Crippen molar-refractivity contribution in [2.24, 2.45) is 18.0 Å². The number of nitrogens with one attached hydrogen (secondary N) is 2. The second kappa shape index (κ2) is 8.49. The fraction of sp³-hybridized carbons (Fsp3) is 0.556. The highest BCUT2D eigenvalue weighted by Gasteiger charge is 2.31. The standard InChI is InChI=1S/C18H28N6S/c1-19-18(21-13-15-8-9-22-24(15)3)20-12-14-6-4-10-23(2)17(14)16-7-5-11-25-16/h5,7-9,11,14,17H,4,6,10,12-13H2,1-3H3,(H2,19,20,21). The molecule has 6 nitrogen and oxygen atoms in total. The molecule has 1 saturated heterocycles. The van der Waals surface area contributed by atoms with Gasteiger partial charge in [-0.15, -0.1) is 11.3 Å². The van der Waals surface area contributed by atoms with E-state index in [1.807, 2.05) is 42.4 Å². The number of hydrogen-bond donors (Lipinski definition) is 2. The van der Waals surface area contributed by atoms with Gasteiger partial charge in [0.15, 0.2) is 5.96 Å². The van der Waals surface area contributed by atoms with E-state index < -0.39 is 0 Å². The Morgan fingerprint density at radius 3 is 2.92 bits per heavy atom. The van der Waals surface area contributed by atoms with E-state index in [4.69, 9.17) is 0 Å². The number of nitrogens with zero attached hydrogens (tertiary/aromatic N) is 4. The smallest absolute Gasteiger partial charge is 0.191 e. The lowest BCUT2D eigenvalue weighted by molar-refractivity contribution is 0.125. The topological polar surface area (TPSA) is 57.5 Å². The van der Waals surface area contributed by atoms with Crippen molar-refractivity contribution in [3.63, 3.8) is 0 Å². The van der Waals surface area contributed by atoms with Gasteiger partial charge in [0.25, 0.3) is 0 Å². The number of aromatic nitrogens is 2. The van der Waals surface area contributed by atoms with Crippen molar-refractivity contribution in [3.8, 4) is 0 Å². The molecular formula is C18H28N6S. The van der Waals surface area contributed by atoms with Crippen LogP contribution in [0.25, 0.3) is 0 Å². The third kappa shape index (κ3) is 4.41. The zero-order valence-electron chi connectivity index (χ0n) is 15.3. The minimum Gasteiger partial charge on any atom is -0.356 e. The molecule has 2 aromatic rings. The van der Waals surface area contributed by atoms with E-state index in [-0.39, 0.29) is 0 Å². The van der Waals surface area contributed by atoms with Crippen LogP contribution in [0.4, 0.5) is 0 Å². The third-order valence-corrected chi connectivity index (χ3v) is 5.90. The van der Waals surface area contributed by atoms with E-state index in [2.05, 4.69) is 50.2 Å². The van der Waals surface area contributed by atoms with Gasteiger partial charge in [-0.3, -0.25) is 14.6 Å². The Balaban J connectivity index is 1.57. The van der Waals surface area contributed by atoms with Crippen molar-refractivity contribution < 1.29 is 0 Å². The number of hydrogen-bond acceptors (Lipinski definition) is 4. The van der Waals surface area contributed by atoms with Gasteiger partial charge in [0.05, 0.1) is 12.2 Å². The molecule has 3 rings (SSSR count). The summed E-state index contributed by atoms with van der Waals surface area (Å²) in [7, 11) is 6.02. The van der Waals surface area contributed by atoms with E-state index in [9.17, 15) is 0 Å². The van der Waals surface area contributed by atoms with Crippen molar-refractivity contribution in [2.75, 3.05) is 27.2 Å². The summed E-state index contributed by atoms with van der Waals surface area (Å²) in [6.07, 6.45) is 4.32. The highest BCUT2D eigenvalue weighted by molar-refractivity contribution is 7.10. The first-order valence-electron chi connectivity index (χ1n) is 8.84. The van der Waals surface area contributed by atoms with Crippen LogP contribution >= 0.6 is 11.3 Å². The Morgan fingerprint density at radius 1 is 1.36 bits per heavy atom. The highest BCUT2D eigenvalue weighted by Crippen LogP contribution is 2.36. The van der Waals surface area contributed by atoms with Gasteiger partial charge in [-0.25, -0.2) is 0 Å². The predicted molar refractivity (Wildman–Crippen MR) is 104 cm³/mol. The fourth-order valence-electron chi connectivity index (χ4n) is 3.58. The van der Waals surface area contributed by atoms with Gasteiger partial charge in [-0.2, -0.15) is 5.10 Å². The number of guanidine groups is 1. The number of piperidine rings is 1. The molecule has 136 valence electrons. The Labute approximate surface area is 153 Å². The quantitative estimate of drug-likeness (QED) is 0.634. The van der Waals surface area contributed by atoms with E-state index >= 15 is 0 Å². The average molecular weight is 361 g/mol. The molecule has 0 amide bonds. The number of thiophene rings is 1. The zero-order valence-corrected chi connectivity index (χ0v) is 16.1. The van der Waals surface area contributed by atoms with Gasteiger partial charge in [0.2, 0.25) is 0 Å². The van der Waals surface area contributed by atoms with E-state index in [0.717, 1.165) is 24.7 Å². The first kappa shape index (κ1) is 17.9. The largest absolute Gasteiger partial charge is 0.356 e. The van der Waals surface area contributed by atoms with Crippen molar-refractivity contribution in [3.05, 3.63) is 40.3 Å². The van der Waals surface area contributed by atoms with Crippen molar-refractivity contribution >= 4 is 17.3 Å². The van der Waals surface area contributed by atoms with Gasteiger partial charge in [-0.05, 0) is 49.9 Å². The third-order valence-electron chi connectivity index (χ3n) is 4.96. The van der Waals surface area contributed by atoms with Gasteiger partial charge in [0.1, 0.15) is 0 Å². The summed E-state index contributed by atoms with van der Waals surface area (Å²) in [5, 5.41) is 13.3. The van der Waals surface area contributed by atoms with E-state index in [0.29, 0.717) is 12.0 Å². The maximum atomic E-state index is 4.36. The molecule has 2 aromatic heterocycles. The normalized spacial score (nSPS) is 22.1. The maximum Gasteiger partial charge on any atom is 0.191 e. The molecule has 2 atom stereocenters. The average Bonchev–Trinajstić information content (AvgIpc) is 3.27. The lowest BCUT2D eigenvalue weighted by Gasteiger charge is -2.39. The molecule has 2 unspecified atom stereocenters. The van der Waals surface area contributed by atoms with Gasteiger partial charge >= 0.3 is 0 Å². The molecule has 0 spiro atoms. The van der Waals surface area contributed by atoms with E-state index in [1.54, 1.807) is 0 Å². The molecule has 0 aliphatic carbocycles. The van der Waals surface area contributed by atoms with E-state index in [1.165, 1.54) is 24.3 Å². The minimum atomic E-state index is 0.497. The van der Waals surface area contributed by atoms with Crippen LogP contribution in [-0.4, -0.2) is 47.8 Å². The molecule has 7 heteroatoms. The van der Waals surface area contributed by atoms with Crippen LogP contribution in [0.2, 0.25) is 0 Å². The van der Waals surface area contributed by atoms with Crippen molar-refractivity contribution in [1.82, 2.24) is 25.3 Å². The van der Waals surface area contributed by atoms with Gasteiger partial charge in [-0.1, -0.05) is 6.07 Å². The lowest BCUT2D eigenvalue weighted by atomic mass is 9.88. The molecule has 1 aliphatic rings. The minimum absolute atomic E-state index is 0.497. The lowest BCUT2D eigenvalue weighted by Crippen LogP contribution is -2.44. The molecule has 0 saturated carbocycles. The summed E-state index contributed by atoms with van der Waals surface area (Å²) >= 11 is 1.86. The first-order chi connectivity index (χ1) is 12.2. The van der Waals surface area contributed by atoms with Gasteiger partial charge in [0, 0.05) is 37.8 Å². The molecule has 0 bridgehead atoms. The highest BCUT2D eigenvalue weighted by atomic mass is 32.1. The Hall–Kier alpha value is -1.86. The summed E-state index contributed by atoms with van der Waals surface area (Å²) < 4.78 is 1.88. The summed E-state index contributed by atoms with van der Waals surface area (Å²) in [5.41, 5.74) is 1.14. The Kier molecular flexibility index (Phi) is 6.09. The molecule has 25 heavy (non-hydrogen) atoms. The molecule has 2 N–H and O–H groups in total. The molecule has 0 aromatic carbocycles. The molecular weight excluding hydrogens is 332 g/mol. The van der Waals surface area contributed by atoms with Crippen LogP contribution in [0.15, 0.2) is 34.8 Å². The second-order valence-corrected chi connectivity index (χ2v) is 7.58. The summed E-state index contributed by atoms with van der Waals surface area (Å²) in [4.78, 5) is 8.32. The predicted octanol–water partition coefficient (Wildman–Crippen LogP) is 2.23. The van der Waals surface area contributed by atoms with Crippen LogP contribution in [0, 0.1) is 5.92 Å². The van der Waals surface area contributed by atoms with Crippen LogP contribution in [0.5, 0.6) is 0 Å². The summed E-state index contributed by atoms with van der Waals surface area (Å²) in [5.74, 6) is 1.44.